The molecular formula is C19H22BrFN2OSi-. The van der Waals surface area contributed by atoms with Crippen LogP contribution in [-0.2, 0) is 11.5 Å². The number of rotatable bonds is 6. The van der Waals surface area contributed by atoms with Crippen molar-refractivity contribution in [3.05, 3.63) is 53.0 Å². The number of benzene rings is 1. The summed E-state index contributed by atoms with van der Waals surface area (Å²) in [4.78, 5) is 4.33. The maximum Gasteiger partial charge on any atom is 0.143 e. The van der Waals surface area contributed by atoms with Crippen LogP contribution in [0.1, 0.15) is 0 Å². The van der Waals surface area contributed by atoms with Crippen LogP contribution in [0.5, 0.6) is 0 Å². The highest BCUT2D eigenvalue weighted by molar-refractivity contribution is 9.10. The second-order valence-corrected chi connectivity index (χ2v) is 13.7. The van der Waals surface area contributed by atoms with Gasteiger partial charge in [-0.05, 0) is 21.5 Å². The number of hydrogen-bond donors (Lipinski definition) is 0. The minimum absolute atomic E-state index is 0.347. The van der Waals surface area contributed by atoms with Gasteiger partial charge in [0.1, 0.15) is 12.5 Å². The van der Waals surface area contributed by atoms with Gasteiger partial charge >= 0.3 is 0 Å². The van der Waals surface area contributed by atoms with E-state index in [-0.39, 0.29) is 5.82 Å². The Morgan fingerprint density at radius 1 is 1.20 bits per heavy atom. The summed E-state index contributed by atoms with van der Waals surface area (Å²) in [6, 6.07) is 12.6. The zero-order chi connectivity index (χ0) is 18.0. The third kappa shape index (κ3) is 4.19. The first-order valence-corrected chi connectivity index (χ1v) is 12.8. The minimum Gasteiger partial charge on any atom is -0.364 e. The van der Waals surface area contributed by atoms with Crippen molar-refractivity contribution in [2.75, 3.05) is 6.61 Å². The second kappa shape index (κ2) is 7.39. The van der Waals surface area contributed by atoms with Crippen LogP contribution < -0.4 is 0 Å². The number of aromatic nitrogens is 2. The second-order valence-electron chi connectivity index (χ2n) is 7.33. The minimum atomic E-state index is -1.14. The molecule has 3 nitrogen and oxygen atoms in total. The first-order chi connectivity index (χ1) is 11.9. The molecule has 133 valence electrons. The molecule has 2 heterocycles. The van der Waals surface area contributed by atoms with Crippen molar-refractivity contribution >= 4 is 35.0 Å². The Balaban J connectivity index is 1.97. The van der Waals surface area contributed by atoms with Gasteiger partial charge in [-0.2, -0.15) is 19.6 Å². The van der Waals surface area contributed by atoms with Gasteiger partial charge in [0, 0.05) is 18.2 Å². The lowest BCUT2D eigenvalue weighted by Crippen LogP contribution is -2.22. The third-order valence-corrected chi connectivity index (χ3v) is 6.61. The molecule has 0 fully saturated rings. The van der Waals surface area contributed by atoms with Crippen LogP contribution in [0.2, 0.25) is 25.7 Å². The number of nitrogens with zero attached hydrogens (tertiary/aromatic N) is 2. The van der Waals surface area contributed by atoms with E-state index in [1.807, 2.05) is 34.9 Å². The van der Waals surface area contributed by atoms with E-state index in [1.165, 1.54) is 12.3 Å². The summed E-state index contributed by atoms with van der Waals surface area (Å²) < 4.78 is 22.5. The zero-order valence-electron chi connectivity index (χ0n) is 14.7. The van der Waals surface area contributed by atoms with Crippen molar-refractivity contribution in [2.24, 2.45) is 0 Å². The Morgan fingerprint density at radius 2 is 1.92 bits per heavy atom. The SMILES string of the molecule is C[Si-](C)(C)CCOCn1c(Br)c(-c2ccccc2)c2ncc(F)cc21. The van der Waals surface area contributed by atoms with Crippen LogP contribution in [0.4, 0.5) is 4.39 Å². The Labute approximate surface area is 157 Å². The van der Waals surface area contributed by atoms with Crippen LogP contribution in [0.25, 0.3) is 22.2 Å². The van der Waals surface area contributed by atoms with E-state index >= 15 is 0 Å². The van der Waals surface area contributed by atoms with Gasteiger partial charge < -0.3 is 9.30 Å². The predicted octanol–water partition coefficient (Wildman–Crippen LogP) is 5.92. The Morgan fingerprint density at radius 3 is 2.60 bits per heavy atom. The summed E-state index contributed by atoms with van der Waals surface area (Å²) in [6.07, 6.45) is 1.26. The molecule has 0 unspecified atom stereocenters. The number of pyridine rings is 1. The molecule has 0 amide bonds. The molecule has 3 rings (SSSR count). The molecule has 0 N–H and O–H groups in total. The Bertz CT molecular complexity index is 875. The van der Waals surface area contributed by atoms with Gasteiger partial charge in [0.25, 0.3) is 0 Å². The monoisotopic (exact) mass is 420 g/mol. The molecule has 0 saturated heterocycles. The first kappa shape index (κ1) is 18.3. The third-order valence-electron chi connectivity index (χ3n) is 4.08. The zero-order valence-corrected chi connectivity index (χ0v) is 17.3. The number of halogens is 2. The Hall–Kier alpha value is -1.50. The van der Waals surface area contributed by atoms with Gasteiger partial charge in [-0.1, -0.05) is 30.3 Å². The van der Waals surface area contributed by atoms with Crippen LogP contribution >= 0.6 is 15.9 Å². The summed E-state index contributed by atoms with van der Waals surface area (Å²) in [5.41, 5.74) is 3.51. The molecule has 0 bridgehead atoms. The maximum absolute atomic E-state index is 13.8. The van der Waals surface area contributed by atoms with Gasteiger partial charge in [-0.15, -0.1) is 14.1 Å². The van der Waals surface area contributed by atoms with Gasteiger partial charge in [-0.3, -0.25) is 4.98 Å². The smallest absolute Gasteiger partial charge is 0.143 e. The van der Waals surface area contributed by atoms with Crippen molar-refractivity contribution in [1.82, 2.24) is 9.55 Å². The molecular weight excluding hydrogens is 399 g/mol. The predicted molar refractivity (Wildman–Crippen MR) is 107 cm³/mol. The van der Waals surface area contributed by atoms with Crippen LogP contribution in [0.15, 0.2) is 47.2 Å². The summed E-state index contributed by atoms with van der Waals surface area (Å²) in [5.74, 6) is -0.347. The van der Waals surface area contributed by atoms with E-state index in [4.69, 9.17) is 4.74 Å². The number of hydrogen-bond acceptors (Lipinski definition) is 2. The lowest BCUT2D eigenvalue weighted by molar-refractivity contribution is 0.0889. The highest BCUT2D eigenvalue weighted by Gasteiger charge is 2.18. The van der Waals surface area contributed by atoms with E-state index in [1.54, 1.807) is 0 Å². The van der Waals surface area contributed by atoms with Crippen LogP contribution in [-0.4, -0.2) is 24.2 Å². The standard InChI is InChI=1S/C19H22BrFN2OSi/c1-25(2,3)10-9-24-13-23-16-11-15(21)12-22-18(16)17(19(23)20)14-7-5-4-6-8-14/h4-8,11-12H,9-10,13H2,1-3H3/q-1. The summed E-state index contributed by atoms with van der Waals surface area (Å²) >= 11 is 3.68. The molecule has 0 aliphatic heterocycles. The van der Waals surface area contributed by atoms with E-state index in [2.05, 4.69) is 40.6 Å². The largest absolute Gasteiger partial charge is 0.364 e. The van der Waals surface area contributed by atoms with Gasteiger partial charge in [0.15, 0.2) is 0 Å². The first-order valence-electron chi connectivity index (χ1n) is 8.33. The van der Waals surface area contributed by atoms with Crippen molar-refractivity contribution in [3.63, 3.8) is 0 Å². The lowest BCUT2D eigenvalue weighted by atomic mass is 10.1. The van der Waals surface area contributed by atoms with Gasteiger partial charge in [0.2, 0.25) is 0 Å². The molecule has 1 aromatic carbocycles. The topological polar surface area (TPSA) is 27.1 Å². The molecule has 0 atom stereocenters. The molecule has 2 aromatic heterocycles. The molecule has 0 spiro atoms. The fourth-order valence-corrected chi connectivity index (χ4v) is 4.15. The molecule has 0 aliphatic carbocycles. The highest BCUT2D eigenvalue weighted by Crippen LogP contribution is 2.37. The average Bonchev–Trinajstić information content (AvgIpc) is 2.83. The van der Waals surface area contributed by atoms with Gasteiger partial charge in [0.05, 0.1) is 21.8 Å². The van der Waals surface area contributed by atoms with Crippen molar-refractivity contribution in [1.29, 1.82) is 0 Å². The summed E-state index contributed by atoms with van der Waals surface area (Å²) in [6.45, 7) is 8.06. The van der Waals surface area contributed by atoms with E-state index in [9.17, 15) is 4.39 Å². The number of fused-ring (bicyclic) bond motifs is 1. The fraction of sp³-hybridized carbons (Fsp3) is 0.316. The van der Waals surface area contributed by atoms with Gasteiger partial charge in [-0.25, -0.2) is 4.39 Å². The highest BCUT2D eigenvalue weighted by atomic mass is 79.9. The van der Waals surface area contributed by atoms with Crippen LogP contribution in [0, 0.1) is 5.82 Å². The van der Waals surface area contributed by atoms with E-state index in [0.717, 1.165) is 32.8 Å². The van der Waals surface area contributed by atoms with Crippen molar-refractivity contribution in [3.8, 4) is 11.1 Å². The van der Waals surface area contributed by atoms with Crippen molar-refractivity contribution in [2.45, 2.75) is 32.4 Å². The molecule has 6 heteroatoms. The maximum atomic E-state index is 13.8. The van der Waals surface area contributed by atoms with Crippen LogP contribution in [0.3, 0.4) is 0 Å². The lowest BCUT2D eigenvalue weighted by Gasteiger charge is -2.26. The molecule has 0 radical (unpaired) electrons. The molecule has 0 saturated carbocycles. The molecule has 3 aromatic rings. The normalized spacial score (nSPS) is 12.0. The molecule has 0 aliphatic rings. The van der Waals surface area contributed by atoms with E-state index in [0.29, 0.717) is 13.3 Å². The summed E-state index contributed by atoms with van der Waals surface area (Å²) in [7, 11) is -1.14. The fourth-order valence-electron chi connectivity index (χ4n) is 2.69. The quantitative estimate of drug-likeness (QED) is 0.365. The molecule has 25 heavy (non-hydrogen) atoms. The number of ether oxygens (including phenoxy) is 1. The van der Waals surface area contributed by atoms with Crippen molar-refractivity contribution < 1.29 is 9.13 Å². The average molecular weight is 421 g/mol. The Kier molecular flexibility index (Phi) is 5.41. The summed E-state index contributed by atoms with van der Waals surface area (Å²) in [5, 5.41) is 0. The van der Waals surface area contributed by atoms with E-state index < -0.39 is 8.07 Å².